The quantitative estimate of drug-likeness (QED) is 0.773. The lowest BCUT2D eigenvalue weighted by Gasteiger charge is -2.25. The summed E-state index contributed by atoms with van der Waals surface area (Å²) in [5.74, 6) is -1.76. The van der Waals surface area contributed by atoms with E-state index in [2.05, 4.69) is 10.2 Å². The van der Waals surface area contributed by atoms with Crippen LogP contribution in [0.15, 0.2) is 27.4 Å². The van der Waals surface area contributed by atoms with Crippen molar-refractivity contribution in [3.05, 3.63) is 28.2 Å². The molecular weight excluding hydrogens is 419 g/mol. The average Bonchev–Trinajstić information content (AvgIpc) is 2.95. The van der Waals surface area contributed by atoms with Gasteiger partial charge in [0.1, 0.15) is 5.01 Å². The summed E-state index contributed by atoms with van der Waals surface area (Å²) < 4.78 is 62.5. The van der Waals surface area contributed by atoms with Crippen LogP contribution in [0.2, 0.25) is 5.02 Å². The number of rotatable bonds is 4. The third-order valence-electron chi connectivity index (χ3n) is 3.23. The molecule has 0 radical (unpaired) electrons. The molecule has 0 aliphatic rings. The number of sulfone groups is 1. The molecule has 0 fully saturated rings. The van der Waals surface area contributed by atoms with E-state index in [1.165, 1.54) is 0 Å². The molecule has 1 aromatic heterocycles. The van der Waals surface area contributed by atoms with E-state index in [0.717, 1.165) is 29.5 Å². The smallest absolute Gasteiger partial charge is 0.373 e. The highest BCUT2D eigenvalue weighted by Gasteiger charge is 2.55. The van der Waals surface area contributed by atoms with Crippen molar-refractivity contribution in [2.24, 2.45) is 0 Å². The van der Waals surface area contributed by atoms with Gasteiger partial charge in [-0.25, -0.2) is 8.42 Å². The monoisotopic (exact) mass is 429 g/mol. The van der Waals surface area contributed by atoms with E-state index >= 15 is 0 Å². The van der Waals surface area contributed by atoms with Crippen LogP contribution in [0.3, 0.4) is 0 Å². The first-order chi connectivity index (χ1) is 11.8. The number of amides is 1. The van der Waals surface area contributed by atoms with Crippen LogP contribution < -0.4 is 5.32 Å². The molecule has 2 N–H and O–H groups in total. The van der Waals surface area contributed by atoms with Gasteiger partial charge in [0.2, 0.25) is 19.8 Å². The Labute approximate surface area is 154 Å². The molecule has 142 valence electrons. The number of carbonyl (C=O) groups excluding carboxylic acids is 1. The van der Waals surface area contributed by atoms with Gasteiger partial charge in [0, 0.05) is 0 Å². The van der Waals surface area contributed by atoms with Crippen molar-refractivity contribution in [2.45, 2.75) is 34.9 Å². The minimum absolute atomic E-state index is 0.275. The molecular formula is C13H11ClF3N3O4S2. The zero-order valence-electron chi connectivity index (χ0n) is 13.1. The van der Waals surface area contributed by atoms with Crippen molar-refractivity contribution in [3.8, 4) is 0 Å². The summed E-state index contributed by atoms with van der Waals surface area (Å²) in [6.07, 6.45) is -5.21. The molecule has 1 heterocycles. The first kappa shape index (κ1) is 20.6. The number of benzene rings is 1. The van der Waals surface area contributed by atoms with Gasteiger partial charge in [0.15, 0.2) is 0 Å². The number of hydrogen-bond donors (Lipinski definition) is 2. The van der Waals surface area contributed by atoms with Crippen molar-refractivity contribution in [1.82, 2.24) is 10.2 Å². The third kappa shape index (κ3) is 3.82. The number of aryl methyl sites for hydroxylation is 1. The van der Waals surface area contributed by atoms with Gasteiger partial charge < -0.3 is 10.4 Å². The van der Waals surface area contributed by atoms with Crippen LogP contribution in [0.4, 0.5) is 18.9 Å². The van der Waals surface area contributed by atoms with Gasteiger partial charge in [0.25, 0.3) is 5.91 Å². The largest absolute Gasteiger partial charge is 0.426 e. The van der Waals surface area contributed by atoms with E-state index in [1.807, 2.05) is 5.32 Å². The number of hydrogen-bond acceptors (Lipinski definition) is 7. The maximum atomic E-state index is 12.7. The molecule has 0 aliphatic carbocycles. The third-order valence-corrected chi connectivity index (χ3v) is 6.50. The second kappa shape index (κ2) is 6.76. The molecule has 7 nitrogen and oxygen atoms in total. The molecule has 2 aromatic rings. The molecule has 0 saturated heterocycles. The second-order valence-electron chi connectivity index (χ2n) is 5.26. The molecule has 1 atom stereocenters. The van der Waals surface area contributed by atoms with E-state index < -0.39 is 27.5 Å². The number of anilines is 1. The number of alkyl halides is 3. The summed E-state index contributed by atoms with van der Waals surface area (Å²) in [7, 11) is -4.02. The number of aromatic nitrogens is 2. The van der Waals surface area contributed by atoms with Crippen molar-refractivity contribution in [1.29, 1.82) is 0 Å². The maximum absolute atomic E-state index is 12.7. The molecule has 13 heteroatoms. The molecule has 0 saturated carbocycles. The van der Waals surface area contributed by atoms with Gasteiger partial charge in [-0.2, -0.15) is 13.2 Å². The van der Waals surface area contributed by atoms with Crippen LogP contribution in [-0.2, 0) is 14.6 Å². The molecule has 0 aliphatic heterocycles. The summed E-state index contributed by atoms with van der Waals surface area (Å²) in [6.45, 7) is 1.85. The number of nitrogens with one attached hydrogen (secondary N) is 1. The second-order valence-corrected chi connectivity index (χ2v) is 8.97. The summed E-state index contributed by atoms with van der Waals surface area (Å²) >= 11 is 6.70. The van der Waals surface area contributed by atoms with Crippen LogP contribution in [-0.4, -0.2) is 41.4 Å². The summed E-state index contributed by atoms with van der Waals surface area (Å²) in [5.41, 5.74) is -3.95. The average molecular weight is 430 g/mol. The van der Waals surface area contributed by atoms with E-state index in [0.29, 0.717) is 5.01 Å². The Bertz CT molecular complexity index is 958. The normalized spacial score (nSPS) is 14.7. The Hall–Kier alpha value is -1.76. The van der Waals surface area contributed by atoms with Crippen LogP contribution in [0.5, 0.6) is 0 Å². The minimum Gasteiger partial charge on any atom is -0.373 e. The number of nitrogens with zero attached hydrogens (tertiary/aromatic N) is 2. The Morgan fingerprint density at radius 1 is 1.31 bits per heavy atom. The fourth-order valence-electron chi connectivity index (χ4n) is 1.62. The van der Waals surface area contributed by atoms with Gasteiger partial charge >= 0.3 is 6.18 Å². The van der Waals surface area contributed by atoms with Gasteiger partial charge in [0.05, 0.1) is 15.6 Å². The lowest BCUT2D eigenvalue weighted by Crippen LogP contribution is -2.52. The number of halogens is 4. The number of aliphatic hydroxyl groups is 1. The van der Waals surface area contributed by atoms with Gasteiger partial charge in [-0.3, -0.25) is 4.79 Å². The molecule has 1 aromatic carbocycles. The predicted octanol–water partition coefficient (Wildman–Crippen LogP) is 2.58. The van der Waals surface area contributed by atoms with Crippen LogP contribution in [0.25, 0.3) is 0 Å². The highest BCUT2D eigenvalue weighted by molar-refractivity contribution is 7.93. The van der Waals surface area contributed by atoms with Crippen molar-refractivity contribution in [2.75, 3.05) is 5.32 Å². The summed E-state index contributed by atoms with van der Waals surface area (Å²) in [4.78, 5) is 11.4. The highest BCUT2D eigenvalue weighted by Crippen LogP contribution is 2.33. The first-order valence-electron chi connectivity index (χ1n) is 6.72. The van der Waals surface area contributed by atoms with Crippen molar-refractivity contribution >= 4 is 44.4 Å². The lowest BCUT2D eigenvalue weighted by molar-refractivity contribution is -0.242. The van der Waals surface area contributed by atoms with E-state index in [1.54, 1.807) is 6.92 Å². The van der Waals surface area contributed by atoms with Crippen LogP contribution in [0.1, 0.15) is 11.9 Å². The Kier molecular flexibility index (Phi) is 5.34. The molecule has 1 unspecified atom stereocenters. The Morgan fingerprint density at radius 3 is 2.38 bits per heavy atom. The molecule has 2 rings (SSSR count). The highest BCUT2D eigenvalue weighted by atomic mass is 35.5. The molecule has 26 heavy (non-hydrogen) atoms. The summed E-state index contributed by atoms with van der Waals surface area (Å²) in [5, 5.41) is 18.4. The molecule has 1 amide bonds. The van der Waals surface area contributed by atoms with E-state index in [9.17, 15) is 31.5 Å². The van der Waals surface area contributed by atoms with E-state index in [-0.39, 0.29) is 26.9 Å². The topological polar surface area (TPSA) is 109 Å². The standard InChI is InChI=1S/C13H11ClF3N3O4S2/c1-6-19-20-11(25-6)26(23,24)7-3-4-9(8(14)5-7)18-10(21)12(2,22)13(15,16)17/h3-5,22H,1-2H3,(H,18,21). The zero-order valence-corrected chi connectivity index (χ0v) is 15.5. The zero-order chi connectivity index (χ0) is 19.9. The molecule has 0 spiro atoms. The summed E-state index contributed by atoms with van der Waals surface area (Å²) in [6, 6.07) is 2.99. The van der Waals surface area contributed by atoms with Crippen LogP contribution >= 0.6 is 22.9 Å². The Morgan fingerprint density at radius 2 is 1.92 bits per heavy atom. The lowest BCUT2D eigenvalue weighted by atomic mass is 10.1. The predicted molar refractivity (Wildman–Crippen MR) is 86.9 cm³/mol. The maximum Gasteiger partial charge on any atom is 0.426 e. The first-order valence-corrected chi connectivity index (χ1v) is 9.40. The van der Waals surface area contributed by atoms with E-state index in [4.69, 9.17) is 11.6 Å². The fraction of sp³-hybridized carbons (Fsp3) is 0.308. The van der Waals surface area contributed by atoms with Crippen LogP contribution in [0, 0.1) is 6.92 Å². The van der Waals surface area contributed by atoms with Crippen molar-refractivity contribution < 1.29 is 31.5 Å². The number of carbonyl (C=O) groups is 1. The van der Waals surface area contributed by atoms with Gasteiger partial charge in [-0.1, -0.05) is 22.9 Å². The minimum atomic E-state index is -5.21. The Balaban J connectivity index is 2.32. The fourth-order valence-corrected chi connectivity index (χ4v) is 4.29. The SMILES string of the molecule is Cc1nnc(S(=O)(=O)c2ccc(NC(=O)C(C)(O)C(F)(F)F)c(Cl)c2)s1. The van der Waals surface area contributed by atoms with Gasteiger partial charge in [-0.05, 0) is 32.0 Å². The molecule has 0 bridgehead atoms. The van der Waals surface area contributed by atoms with Crippen molar-refractivity contribution in [3.63, 3.8) is 0 Å². The van der Waals surface area contributed by atoms with Gasteiger partial charge in [-0.15, -0.1) is 10.2 Å².